The van der Waals surface area contributed by atoms with Gasteiger partial charge in [-0.15, -0.1) is 0 Å². The number of piperidine rings is 1. The van der Waals surface area contributed by atoms with Gasteiger partial charge in [0.15, 0.2) is 0 Å². The first-order chi connectivity index (χ1) is 7.74. The molecule has 2 unspecified atom stereocenters. The van der Waals surface area contributed by atoms with Gasteiger partial charge in [0.1, 0.15) is 0 Å². The lowest BCUT2D eigenvalue weighted by atomic mass is 9.91. The fraction of sp³-hybridized carbons (Fsp3) is 1.00. The van der Waals surface area contributed by atoms with E-state index < -0.39 is 0 Å². The summed E-state index contributed by atoms with van der Waals surface area (Å²) in [5.74, 6) is 0.952. The van der Waals surface area contributed by atoms with E-state index in [1.54, 1.807) is 0 Å². The Hall–Kier alpha value is -0.120. The van der Waals surface area contributed by atoms with Crippen molar-refractivity contribution < 1.29 is 0 Å². The molecule has 2 fully saturated rings. The van der Waals surface area contributed by atoms with E-state index >= 15 is 0 Å². The SMILES string of the molecule is CN1CCCC(CCC2CN(C)CCN2)C1. The molecule has 2 heterocycles. The summed E-state index contributed by atoms with van der Waals surface area (Å²) in [7, 11) is 4.50. The summed E-state index contributed by atoms with van der Waals surface area (Å²) in [6, 6.07) is 0.742. The van der Waals surface area contributed by atoms with Crippen molar-refractivity contribution in [2.45, 2.75) is 31.7 Å². The Kier molecular flexibility index (Phi) is 4.62. The van der Waals surface area contributed by atoms with Crippen LogP contribution in [0.1, 0.15) is 25.7 Å². The van der Waals surface area contributed by atoms with Crippen LogP contribution in [0.15, 0.2) is 0 Å². The first kappa shape index (κ1) is 12.3. The molecule has 0 aromatic rings. The first-order valence-corrected chi connectivity index (χ1v) is 6.84. The second kappa shape index (κ2) is 5.99. The number of nitrogens with one attached hydrogen (secondary N) is 1. The third kappa shape index (κ3) is 3.72. The van der Waals surface area contributed by atoms with Crippen molar-refractivity contribution in [2.24, 2.45) is 5.92 Å². The molecule has 1 N–H and O–H groups in total. The lowest BCUT2D eigenvalue weighted by Gasteiger charge is -2.34. The van der Waals surface area contributed by atoms with E-state index in [1.165, 1.54) is 58.4 Å². The monoisotopic (exact) mass is 225 g/mol. The summed E-state index contributed by atoms with van der Waals surface area (Å²) < 4.78 is 0. The minimum absolute atomic E-state index is 0.742. The van der Waals surface area contributed by atoms with Crippen LogP contribution in [-0.2, 0) is 0 Å². The van der Waals surface area contributed by atoms with E-state index in [-0.39, 0.29) is 0 Å². The van der Waals surface area contributed by atoms with Crippen molar-refractivity contribution in [3.63, 3.8) is 0 Å². The van der Waals surface area contributed by atoms with Crippen LogP contribution >= 0.6 is 0 Å². The molecule has 3 nitrogen and oxygen atoms in total. The van der Waals surface area contributed by atoms with Gasteiger partial charge in [0.2, 0.25) is 0 Å². The van der Waals surface area contributed by atoms with Gasteiger partial charge < -0.3 is 15.1 Å². The molecule has 2 aliphatic rings. The number of rotatable bonds is 3. The van der Waals surface area contributed by atoms with Gasteiger partial charge in [-0.1, -0.05) is 0 Å². The van der Waals surface area contributed by atoms with Crippen molar-refractivity contribution in [2.75, 3.05) is 46.8 Å². The Morgan fingerprint density at radius 1 is 1.06 bits per heavy atom. The van der Waals surface area contributed by atoms with Gasteiger partial charge in [-0.05, 0) is 52.2 Å². The Labute approximate surface area is 100 Å². The second-order valence-corrected chi connectivity index (χ2v) is 5.76. The first-order valence-electron chi connectivity index (χ1n) is 6.84. The standard InChI is InChI=1S/C13H27N3/c1-15-8-3-4-12(10-15)5-6-13-11-16(2)9-7-14-13/h12-14H,3-11H2,1-2H3. The molecule has 3 heteroatoms. The van der Waals surface area contributed by atoms with Gasteiger partial charge in [-0.3, -0.25) is 0 Å². The van der Waals surface area contributed by atoms with Gasteiger partial charge in [-0.25, -0.2) is 0 Å². The second-order valence-electron chi connectivity index (χ2n) is 5.76. The molecule has 94 valence electrons. The largest absolute Gasteiger partial charge is 0.311 e. The maximum Gasteiger partial charge on any atom is 0.0195 e. The molecule has 16 heavy (non-hydrogen) atoms. The van der Waals surface area contributed by atoms with E-state index in [0.717, 1.165) is 12.0 Å². The fourth-order valence-corrected chi connectivity index (χ4v) is 3.13. The molecule has 0 bridgehead atoms. The molecule has 0 amide bonds. The number of hydrogen-bond donors (Lipinski definition) is 1. The summed E-state index contributed by atoms with van der Waals surface area (Å²) in [4.78, 5) is 4.95. The molecular formula is C13H27N3. The van der Waals surface area contributed by atoms with Gasteiger partial charge in [0, 0.05) is 32.2 Å². The highest BCUT2D eigenvalue weighted by Gasteiger charge is 2.20. The number of likely N-dealkylation sites (N-methyl/N-ethyl adjacent to an activating group) is 1. The minimum atomic E-state index is 0.742. The predicted molar refractivity (Wildman–Crippen MR) is 68.7 cm³/mol. The molecule has 0 spiro atoms. The fourth-order valence-electron chi connectivity index (χ4n) is 3.13. The van der Waals surface area contributed by atoms with Gasteiger partial charge in [0.05, 0.1) is 0 Å². The molecule has 0 radical (unpaired) electrons. The molecule has 0 aromatic heterocycles. The van der Waals surface area contributed by atoms with Crippen LogP contribution in [0.5, 0.6) is 0 Å². The molecule has 0 saturated carbocycles. The van der Waals surface area contributed by atoms with Crippen molar-refractivity contribution in [1.29, 1.82) is 0 Å². The maximum absolute atomic E-state index is 3.65. The van der Waals surface area contributed by atoms with E-state index in [2.05, 4.69) is 29.2 Å². The van der Waals surface area contributed by atoms with Gasteiger partial charge in [-0.2, -0.15) is 0 Å². The third-order valence-corrected chi connectivity index (χ3v) is 4.10. The van der Waals surface area contributed by atoms with E-state index in [0.29, 0.717) is 0 Å². The van der Waals surface area contributed by atoms with E-state index in [1.807, 2.05) is 0 Å². The zero-order valence-corrected chi connectivity index (χ0v) is 10.9. The zero-order valence-electron chi connectivity index (χ0n) is 10.9. The Balaban J connectivity index is 1.66. The quantitative estimate of drug-likeness (QED) is 0.773. The number of hydrogen-bond acceptors (Lipinski definition) is 3. The van der Waals surface area contributed by atoms with Crippen LogP contribution in [0.3, 0.4) is 0 Å². The summed E-state index contributed by atoms with van der Waals surface area (Å²) in [5, 5.41) is 3.65. The normalized spacial score (nSPS) is 34.1. The highest BCUT2D eigenvalue weighted by atomic mass is 15.2. The van der Waals surface area contributed by atoms with Crippen LogP contribution in [0, 0.1) is 5.92 Å². The van der Waals surface area contributed by atoms with Crippen molar-refractivity contribution >= 4 is 0 Å². The predicted octanol–water partition coefficient (Wildman–Crippen LogP) is 1.01. The highest BCUT2D eigenvalue weighted by molar-refractivity contribution is 4.79. The van der Waals surface area contributed by atoms with Crippen LogP contribution in [0.4, 0.5) is 0 Å². The molecule has 2 aliphatic heterocycles. The van der Waals surface area contributed by atoms with Crippen molar-refractivity contribution in [1.82, 2.24) is 15.1 Å². The average molecular weight is 225 g/mol. The van der Waals surface area contributed by atoms with Crippen LogP contribution < -0.4 is 5.32 Å². The summed E-state index contributed by atoms with van der Waals surface area (Å²) in [6.45, 7) is 6.25. The van der Waals surface area contributed by atoms with Crippen LogP contribution in [0.25, 0.3) is 0 Å². The molecule has 0 aromatic carbocycles. The Bertz CT molecular complexity index is 185. The number of nitrogens with zero attached hydrogens (tertiary/aromatic N) is 2. The number of piperazine rings is 1. The molecule has 2 saturated heterocycles. The lowest BCUT2D eigenvalue weighted by molar-refractivity contribution is 0.181. The lowest BCUT2D eigenvalue weighted by Crippen LogP contribution is -2.49. The average Bonchev–Trinajstić information content (AvgIpc) is 2.27. The molecule has 2 atom stereocenters. The Morgan fingerprint density at radius 2 is 1.88 bits per heavy atom. The van der Waals surface area contributed by atoms with Crippen molar-refractivity contribution in [3.8, 4) is 0 Å². The van der Waals surface area contributed by atoms with Crippen LogP contribution in [-0.4, -0.2) is 62.7 Å². The molecular weight excluding hydrogens is 198 g/mol. The summed E-state index contributed by atoms with van der Waals surface area (Å²) in [6.07, 6.45) is 5.63. The maximum atomic E-state index is 3.65. The van der Waals surface area contributed by atoms with E-state index in [4.69, 9.17) is 0 Å². The molecule has 2 rings (SSSR count). The van der Waals surface area contributed by atoms with Crippen LogP contribution in [0.2, 0.25) is 0 Å². The van der Waals surface area contributed by atoms with Gasteiger partial charge >= 0.3 is 0 Å². The topological polar surface area (TPSA) is 18.5 Å². The minimum Gasteiger partial charge on any atom is -0.311 e. The smallest absolute Gasteiger partial charge is 0.0195 e. The third-order valence-electron chi connectivity index (χ3n) is 4.10. The van der Waals surface area contributed by atoms with Crippen molar-refractivity contribution in [3.05, 3.63) is 0 Å². The highest BCUT2D eigenvalue weighted by Crippen LogP contribution is 2.21. The zero-order chi connectivity index (χ0) is 11.4. The Morgan fingerprint density at radius 3 is 2.62 bits per heavy atom. The summed E-state index contributed by atoms with van der Waals surface area (Å²) >= 11 is 0. The van der Waals surface area contributed by atoms with E-state index in [9.17, 15) is 0 Å². The molecule has 0 aliphatic carbocycles. The van der Waals surface area contributed by atoms with Gasteiger partial charge in [0.25, 0.3) is 0 Å². The summed E-state index contributed by atoms with van der Waals surface area (Å²) in [5.41, 5.74) is 0. The number of likely N-dealkylation sites (tertiary alicyclic amines) is 1.